The molecule has 0 saturated heterocycles. The monoisotopic (exact) mass is 503 g/mol. The van der Waals surface area contributed by atoms with Gasteiger partial charge in [-0.1, -0.05) is 36.4 Å². The SMILES string of the molecule is CCOc1cc([C@@H]2C(C(=O)OC(C)C)=C(C)NC3=C2C(=O)C[C@H](c2ccccc2)C3)ccc1OC(C)=O. The van der Waals surface area contributed by atoms with E-state index in [0.29, 0.717) is 47.6 Å². The second-order valence-corrected chi connectivity index (χ2v) is 9.61. The second kappa shape index (κ2) is 11.0. The number of hydrogen-bond donors (Lipinski definition) is 1. The van der Waals surface area contributed by atoms with E-state index in [1.807, 2.05) is 44.2 Å². The predicted molar refractivity (Wildman–Crippen MR) is 139 cm³/mol. The molecule has 2 aliphatic rings. The fourth-order valence-corrected chi connectivity index (χ4v) is 5.09. The van der Waals surface area contributed by atoms with E-state index >= 15 is 0 Å². The highest BCUT2D eigenvalue weighted by Crippen LogP contribution is 2.47. The molecule has 0 saturated carbocycles. The first-order chi connectivity index (χ1) is 17.7. The number of dihydropyridines is 1. The smallest absolute Gasteiger partial charge is 0.337 e. The molecule has 1 aliphatic carbocycles. The third-order valence-corrected chi connectivity index (χ3v) is 6.52. The summed E-state index contributed by atoms with van der Waals surface area (Å²) in [4.78, 5) is 38.7. The van der Waals surface area contributed by atoms with Gasteiger partial charge in [0.2, 0.25) is 0 Å². The lowest BCUT2D eigenvalue weighted by atomic mass is 9.71. The maximum atomic E-state index is 13.7. The fraction of sp³-hybridized carbons (Fsp3) is 0.367. The number of ether oxygens (including phenoxy) is 3. The van der Waals surface area contributed by atoms with Crippen molar-refractivity contribution in [2.24, 2.45) is 0 Å². The largest absolute Gasteiger partial charge is 0.490 e. The van der Waals surface area contributed by atoms with Gasteiger partial charge in [0.05, 0.1) is 18.3 Å². The summed E-state index contributed by atoms with van der Waals surface area (Å²) in [5.41, 5.74) is 4.22. The van der Waals surface area contributed by atoms with Crippen LogP contribution in [0.25, 0.3) is 0 Å². The zero-order valence-electron chi connectivity index (χ0n) is 21.9. The van der Waals surface area contributed by atoms with Crippen molar-refractivity contribution >= 4 is 17.7 Å². The number of ketones is 1. The molecule has 0 fully saturated rings. The highest BCUT2D eigenvalue weighted by Gasteiger charge is 2.41. The van der Waals surface area contributed by atoms with Gasteiger partial charge in [0.25, 0.3) is 0 Å². The molecular formula is C30H33NO6. The maximum Gasteiger partial charge on any atom is 0.337 e. The van der Waals surface area contributed by atoms with Crippen LogP contribution in [0.2, 0.25) is 0 Å². The van der Waals surface area contributed by atoms with Gasteiger partial charge < -0.3 is 19.5 Å². The normalized spacial score (nSPS) is 19.4. The van der Waals surface area contributed by atoms with E-state index in [2.05, 4.69) is 5.32 Å². The Morgan fingerprint density at radius 3 is 2.41 bits per heavy atom. The van der Waals surface area contributed by atoms with Crippen molar-refractivity contribution in [3.63, 3.8) is 0 Å². The molecule has 7 heteroatoms. The molecule has 2 atom stereocenters. The average Bonchev–Trinajstić information content (AvgIpc) is 2.84. The van der Waals surface area contributed by atoms with Crippen LogP contribution in [0.15, 0.2) is 71.1 Å². The summed E-state index contributed by atoms with van der Waals surface area (Å²) < 4.78 is 16.7. The molecule has 0 radical (unpaired) electrons. The summed E-state index contributed by atoms with van der Waals surface area (Å²) in [6, 6.07) is 15.2. The van der Waals surface area contributed by atoms with Gasteiger partial charge >= 0.3 is 11.9 Å². The Morgan fingerprint density at radius 1 is 1.03 bits per heavy atom. The quantitative estimate of drug-likeness (QED) is 0.404. The van der Waals surface area contributed by atoms with Gasteiger partial charge in [0.1, 0.15) is 0 Å². The Kier molecular flexibility index (Phi) is 7.81. The van der Waals surface area contributed by atoms with Crippen molar-refractivity contribution in [2.75, 3.05) is 6.61 Å². The lowest BCUT2D eigenvalue weighted by Crippen LogP contribution is -2.36. The van der Waals surface area contributed by atoms with Crippen LogP contribution in [0.4, 0.5) is 0 Å². The summed E-state index contributed by atoms with van der Waals surface area (Å²) in [5.74, 6) is -0.900. The van der Waals surface area contributed by atoms with E-state index in [1.54, 1.807) is 32.0 Å². The summed E-state index contributed by atoms with van der Waals surface area (Å²) in [5, 5.41) is 3.37. The molecule has 4 rings (SSSR count). The Morgan fingerprint density at radius 2 is 1.76 bits per heavy atom. The Hall–Kier alpha value is -3.87. The first kappa shape index (κ1) is 26.2. The van der Waals surface area contributed by atoms with Crippen molar-refractivity contribution in [3.8, 4) is 11.5 Å². The lowest BCUT2D eigenvalue weighted by molar-refractivity contribution is -0.143. The number of carbonyl (C=O) groups is 3. The number of nitrogens with one attached hydrogen (secondary N) is 1. The van der Waals surface area contributed by atoms with Crippen LogP contribution >= 0.6 is 0 Å². The summed E-state index contributed by atoms with van der Waals surface area (Å²) in [6.45, 7) is 8.93. The first-order valence-corrected chi connectivity index (χ1v) is 12.6. The highest BCUT2D eigenvalue weighted by atomic mass is 16.6. The number of rotatable bonds is 7. The molecule has 0 unspecified atom stereocenters. The number of hydrogen-bond acceptors (Lipinski definition) is 7. The third-order valence-electron chi connectivity index (χ3n) is 6.52. The highest BCUT2D eigenvalue weighted by molar-refractivity contribution is 6.04. The van der Waals surface area contributed by atoms with Gasteiger partial charge in [-0.05, 0) is 63.3 Å². The van der Waals surface area contributed by atoms with Gasteiger partial charge in [-0.2, -0.15) is 0 Å². The Labute approximate surface area is 217 Å². The molecule has 2 aromatic carbocycles. The van der Waals surface area contributed by atoms with Crippen molar-refractivity contribution in [1.29, 1.82) is 0 Å². The molecular weight excluding hydrogens is 470 g/mol. The topological polar surface area (TPSA) is 90.9 Å². The molecule has 0 spiro atoms. The van der Waals surface area contributed by atoms with E-state index in [0.717, 1.165) is 11.3 Å². The van der Waals surface area contributed by atoms with E-state index in [4.69, 9.17) is 14.2 Å². The molecule has 7 nitrogen and oxygen atoms in total. The van der Waals surface area contributed by atoms with Crippen LogP contribution in [0, 0.1) is 0 Å². The standard InChI is InChI=1S/C30H33NO6/c1-6-35-26-16-21(12-13-25(26)37-19(5)32)28-27(30(34)36-17(2)3)18(4)31-23-14-22(15-24(33)29(23)28)20-10-8-7-9-11-20/h7-13,16-17,22,28,31H,6,14-15H2,1-5H3/t22-,28-/m1/s1. The van der Waals surface area contributed by atoms with Crippen LogP contribution in [-0.4, -0.2) is 30.4 Å². The van der Waals surface area contributed by atoms with Crippen molar-refractivity contribution < 1.29 is 28.6 Å². The number of allylic oxidation sites excluding steroid dienone is 3. The third kappa shape index (κ3) is 5.61. The van der Waals surface area contributed by atoms with Gasteiger partial charge in [0.15, 0.2) is 17.3 Å². The minimum Gasteiger partial charge on any atom is -0.490 e. The van der Waals surface area contributed by atoms with Gasteiger partial charge in [-0.25, -0.2) is 4.79 Å². The number of benzene rings is 2. The number of carbonyl (C=O) groups excluding carboxylic acids is 3. The average molecular weight is 504 g/mol. The first-order valence-electron chi connectivity index (χ1n) is 12.6. The summed E-state index contributed by atoms with van der Waals surface area (Å²) in [7, 11) is 0. The molecule has 0 amide bonds. The zero-order valence-corrected chi connectivity index (χ0v) is 21.9. The van der Waals surface area contributed by atoms with E-state index in [9.17, 15) is 14.4 Å². The molecule has 194 valence electrons. The van der Waals surface area contributed by atoms with E-state index in [1.165, 1.54) is 6.92 Å². The lowest BCUT2D eigenvalue weighted by Gasteiger charge is -2.37. The van der Waals surface area contributed by atoms with E-state index < -0.39 is 17.9 Å². The van der Waals surface area contributed by atoms with Crippen LogP contribution in [0.5, 0.6) is 11.5 Å². The van der Waals surface area contributed by atoms with Crippen molar-refractivity contribution in [1.82, 2.24) is 5.32 Å². The number of Topliss-reactive ketones (excluding diaryl/α,β-unsaturated/α-hetero) is 1. The predicted octanol–water partition coefficient (Wildman–Crippen LogP) is 5.32. The molecule has 1 N–H and O–H groups in total. The van der Waals surface area contributed by atoms with Crippen LogP contribution in [0.3, 0.4) is 0 Å². The minimum atomic E-state index is -0.641. The maximum absolute atomic E-state index is 13.7. The molecule has 0 aromatic heterocycles. The van der Waals surface area contributed by atoms with Gasteiger partial charge in [-0.15, -0.1) is 0 Å². The van der Waals surface area contributed by atoms with Crippen molar-refractivity contribution in [3.05, 3.63) is 82.2 Å². The van der Waals surface area contributed by atoms with Gasteiger partial charge in [0, 0.05) is 36.2 Å². The van der Waals surface area contributed by atoms with Gasteiger partial charge in [-0.3, -0.25) is 9.59 Å². The van der Waals surface area contributed by atoms with Crippen LogP contribution in [0.1, 0.15) is 70.4 Å². The Bertz CT molecular complexity index is 1270. The van der Waals surface area contributed by atoms with Crippen molar-refractivity contribution in [2.45, 2.75) is 65.4 Å². The number of esters is 2. The van der Waals surface area contributed by atoms with E-state index in [-0.39, 0.29) is 23.6 Å². The molecule has 1 heterocycles. The summed E-state index contributed by atoms with van der Waals surface area (Å²) >= 11 is 0. The molecule has 37 heavy (non-hydrogen) atoms. The van der Waals surface area contributed by atoms with Crippen LogP contribution in [-0.2, 0) is 19.1 Å². The minimum absolute atomic E-state index is 0.0167. The molecule has 1 aliphatic heterocycles. The second-order valence-electron chi connectivity index (χ2n) is 9.61. The fourth-order valence-electron chi connectivity index (χ4n) is 5.09. The summed E-state index contributed by atoms with van der Waals surface area (Å²) in [6.07, 6.45) is 0.671. The molecule has 2 aromatic rings. The Balaban J connectivity index is 1.83. The van der Waals surface area contributed by atoms with Crippen LogP contribution < -0.4 is 14.8 Å². The zero-order chi connectivity index (χ0) is 26.7. The molecule has 0 bridgehead atoms.